The van der Waals surface area contributed by atoms with Gasteiger partial charge >= 0.3 is 0 Å². The van der Waals surface area contributed by atoms with Crippen LogP contribution < -0.4 is 18.9 Å². The molecule has 1 aliphatic heterocycles. The second-order valence-corrected chi connectivity index (χ2v) is 4.62. The van der Waals surface area contributed by atoms with Crippen LogP contribution in [0, 0.1) is 0 Å². The quantitative estimate of drug-likeness (QED) is 0.936. The van der Waals surface area contributed by atoms with Crippen molar-refractivity contribution in [2.24, 2.45) is 0 Å². The van der Waals surface area contributed by atoms with Gasteiger partial charge in [-0.3, -0.25) is 0 Å². The van der Waals surface area contributed by atoms with Crippen LogP contribution in [0.1, 0.15) is 17.2 Å². The minimum absolute atomic E-state index is 0.209. The predicted octanol–water partition coefficient (Wildman–Crippen LogP) is 2.51. The number of hydrogen-bond acceptors (Lipinski definition) is 5. The molecule has 0 bridgehead atoms. The second-order valence-electron chi connectivity index (χ2n) is 4.62. The number of ether oxygens (including phenoxy) is 4. The van der Waals surface area contributed by atoms with Gasteiger partial charge in [-0.05, 0) is 29.8 Å². The van der Waals surface area contributed by atoms with E-state index in [2.05, 4.69) is 0 Å². The lowest BCUT2D eigenvalue weighted by atomic mass is 10.00. The van der Waals surface area contributed by atoms with Crippen molar-refractivity contribution in [2.75, 3.05) is 21.0 Å². The summed E-state index contributed by atoms with van der Waals surface area (Å²) in [6.45, 7) is 0.209. The van der Waals surface area contributed by atoms with Crippen LogP contribution in [0.3, 0.4) is 0 Å². The Morgan fingerprint density at radius 3 is 2.57 bits per heavy atom. The lowest BCUT2D eigenvalue weighted by Crippen LogP contribution is -2.03. The molecule has 0 radical (unpaired) electrons. The number of hydrogen-bond donors (Lipinski definition) is 1. The molecular weight excluding hydrogens is 272 g/mol. The average molecular weight is 288 g/mol. The van der Waals surface area contributed by atoms with Gasteiger partial charge in [-0.2, -0.15) is 0 Å². The van der Waals surface area contributed by atoms with Crippen molar-refractivity contribution in [3.8, 4) is 23.0 Å². The first-order chi connectivity index (χ1) is 10.2. The maximum atomic E-state index is 10.6. The third-order valence-electron chi connectivity index (χ3n) is 3.45. The van der Waals surface area contributed by atoms with E-state index in [-0.39, 0.29) is 6.79 Å². The minimum atomic E-state index is -0.819. The van der Waals surface area contributed by atoms with Crippen LogP contribution in [-0.4, -0.2) is 26.1 Å². The maximum Gasteiger partial charge on any atom is 0.231 e. The second kappa shape index (κ2) is 5.54. The van der Waals surface area contributed by atoms with Crippen LogP contribution in [-0.2, 0) is 0 Å². The van der Waals surface area contributed by atoms with Crippen molar-refractivity contribution in [1.82, 2.24) is 0 Å². The van der Waals surface area contributed by atoms with Crippen molar-refractivity contribution in [3.63, 3.8) is 0 Å². The molecule has 0 fully saturated rings. The van der Waals surface area contributed by atoms with E-state index in [1.165, 1.54) is 0 Å². The highest BCUT2D eigenvalue weighted by Gasteiger charge is 2.20. The van der Waals surface area contributed by atoms with E-state index in [0.29, 0.717) is 34.1 Å². The maximum absolute atomic E-state index is 10.6. The first-order valence-electron chi connectivity index (χ1n) is 6.52. The van der Waals surface area contributed by atoms with Crippen molar-refractivity contribution in [1.29, 1.82) is 0 Å². The number of benzene rings is 2. The summed E-state index contributed by atoms with van der Waals surface area (Å²) in [5.41, 5.74) is 1.37. The van der Waals surface area contributed by atoms with Gasteiger partial charge in [0.2, 0.25) is 6.79 Å². The first-order valence-corrected chi connectivity index (χ1v) is 6.52. The molecule has 0 saturated carbocycles. The van der Waals surface area contributed by atoms with Gasteiger partial charge in [0, 0.05) is 11.6 Å². The number of aliphatic hydroxyl groups is 1. The molecule has 0 spiro atoms. The topological polar surface area (TPSA) is 57.2 Å². The highest BCUT2D eigenvalue weighted by atomic mass is 16.7. The van der Waals surface area contributed by atoms with Gasteiger partial charge in [0.25, 0.3) is 0 Å². The molecular formula is C16H16O5. The number of rotatable bonds is 4. The molecule has 5 heteroatoms. The van der Waals surface area contributed by atoms with Gasteiger partial charge in [-0.1, -0.05) is 6.07 Å². The minimum Gasteiger partial charge on any atom is -0.497 e. The Morgan fingerprint density at radius 2 is 1.81 bits per heavy atom. The SMILES string of the molecule is COc1ccc(C(O)c2ccc3c(c2)OCO3)c(OC)c1. The molecule has 1 aliphatic rings. The summed E-state index contributed by atoms with van der Waals surface area (Å²) in [7, 11) is 3.15. The Balaban J connectivity index is 1.96. The van der Waals surface area contributed by atoms with Crippen LogP contribution in [0.5, 0.6) is 23.0 Å². The number of fused-ring (bicyclic) bond motifs is 1. The monoisotopic (exact) mass is 288 g/mol. The molecule has 0 aliphatic carbocycles. The first kappa shape index (κ1) is 13.6. The largest absolute Gasteiger partial charge is 0.497 e. The lowest BCUT2D eigenvalue weighted by molar-refractivity contribution is 0.173. The van der Waals surface area contributed by atoms with Gasteiger partial charge in [0.1, 0.15) is 17.6 Å². The zero-order chi connectivity index (χ0) is 14.8. The Morgan fingerprint density at radius 1 is 1.00 bits per heavy atom. The zero-order valence-electron chi connectivity index (χ0n) is 11.8. The van der Waals surface area contributed by atoms with E-state index in [1.54, 1.807) is 44.6 Å². The van der Waals surface area contributed by atoms with Crippen LogP contribution in [0.15, 0.2) is 36.4 Å². The van der Waals surface area contributed by atoms with Crippen LogP contribution in [0.25, 0.3) is 0 Å². The molecule has 0 amide bonds. The molecule has 1 atom stereocenters. The van der Waals surface area contributed by atoms with Crippen LogP contribution in [0.4, 0.5) is 0 Å². The summed E-state index contributed by atoms with van der Waals surface area (Å²) in [6, 6.07) is 10.7. The molecule has 1 N–H and O–H groups in total. The molecule has 2 aromatic carbocycles. The Hall–Kier alpha value is -2.40. The van der Waals surface area contributed by atoms with Crippen molar-refractivity contribution in [2.45, 2.75) is 6.10 Å². The molecule has 21 heavy (non-hydrogen) atoms. The van der Waals surface area contributed by atoms with Gasteiger partial charge < -0.3 is 24.1 Å². The van der Waals surface area contributed by atoms with Gasteiger partial charge in [0.05, 0.1) is 14.2 Å². The summed E-state index contributed by atoms with van der Waals surface area (Å²) >= 11 is 0. The van der Waals surface area contributed by atoms with E-state index in [9.17, 15) is 5.11 Å². The van der Waals surface area contributed by atoms with E-state index in [1.807, 2.05) is 6.07 Å². The summed E-state index contributed by atoms with van der Waals surface area (Å²) in [5, 5.41) is 10.6. The highest BCUT2D eigenvalue weighted by molar-refractivity contribution is 5.49. The fourth-order valence-corrected chi connectivity index (χ4v) is 2.31. The normalized spacial score (nSPS) is 13.9. The van der Waals surface area contributed by atoms with E-state index in [0.717, 1.165) is 0 Å². The molecule has 3 rings (SSSR count). The number of aliphatic hydroxyl groups excluding tert-OH is 1. The third kappa shape index (κ3) is 2.48. The Kier molecular flexibility index (Phi) is 3.58. The van der Waals surface area contributed by atoms with Crippen LogP contribution in [0.2, 0.25) is 0 Å². The van der Waals surface area contributed by atoms with Crippen molar-refractivity contribution < 1.29 is 24.1 Å². The summed E-state index contributed by atoms with van der Waals surface area (Å²) in [5.74, 6) is 2.57. The molecule has 1 heterocycles. The third-order valence-corrected chi connectivity index (χ3v) is 3.45. The average Bonchev–Trinajstić information content (AvgIpc) is 3.01. The van der Waals surface area contributed by atoms with Gasteiger partial charge in [-0.15, -0.1) is 0 Å². The fraction of sp³-hybridized carbons (Fsp3) is 0.250. The lowest BCUT2D eigenvalue weighted by Gasteiger charge is -2.16. The molecule has 0 aromatic heterocycles. The summed E-state index contributed by atoms with van der Waals surface area (Å²) < 4.78 is 21.1. The molecule has 1 unspecified atom stereocenters. The summed E-state index contributed by atoms with van der Waals surface area (Å²) in [4.78, 5) is 0. The smallest absolute Gasteiger partial charge is 0.231 e. The Bertz CT molecular complexity index is 653. The molecule has 0 saturated heterocycles. The number of methoxy groups -OCH3 is 2. The Labute approximate surface area is 122 Å². The molecule has 110 valence electrons. The molecule has 2 aromatic rings. The zero-order valence-corrected chi connectivity index (χ0v) is 11.8. The van der Waals surface area contributed by atoms with Crippen LogP contribution >= 0.6 is 0 Å². The summed E-state index contributed by atoms with van der Waals surface area (Å²) in [6.07, 6.45) is -0.819. The predicted molar refractivity (Wildman–Crippen MR) is 76.2 cm³/mol. The van der Waals surface area contributed by atoms with E-state index in [4.69, 9.17) is 18.9 Å². The van der Waals surface area contributed by atoms with Gasteiger partial charge in [-0.25, -0.2) is 0 Å². The van der Waals surface area contributed by atoms with E-state index < -0.39 is 6.10 Å². The standard InChI is InChI=1S/C16H16O5/c1-18-11-4-5-12(14(8-11)19-2)16(17)10-3-6-13-15(7-10)21-9-20-13/h3-8,16-17H,9H2,1-2H3. The van der Waals surface area contributed by atoms with E-state index >= 15 is 0 Å². The van der Waals surface area contributed by atoms with Crippen molar-refractivity contribution in [3.05, 3.63) is 47.5 Å². The van der Waals surface area contributed by atoms with Gasteiger partial charge in [0.15, 0.2) is 11.5 Å². The molecule has 5 nitrogen and oxygen atoms in total. The van der Waals surface area contributed by atoms with Crippen molar-refractivity contribution >= 4 is 0 Å². The fourth-order valence-electron chi connectivity index (χ4n) is 2.31. The highest BCUT2D eigenvalue weighted by Crippen LogP contribution is 2.38.